The van der Waals surface area contributed by atoms with Crippen molar-refractivity contribution in [1.82, 2.24) is 15.3 Å². The molecular formula is C26H30N6OS. The number of nitrogens with one attached hydrogen (secondary N) is 1. The highest BCUT2D eigenvalue weighted by Gasteiger charge is 2.09. The molecule has 1 aromatic carbocycles. The summed E-state index contributed by atoms with van der Waals surface area (Å²) in [5, 5.41) is 3.14. The van der Waals surface area contributed by atoms with Gasteiger partial charge in [-0.25, -0.2) is 4.40 Å². The van der Waals surface area contributed by atoms with Gasteiger partial charge in [0.2, 0.25) is 0 Å². The minimum atomic E-state index is 0.521. The number of hydrogen-bond acceptors (Lipinski definition) is 8. The molecule has 1 N–H and O–H groups in total. The van der Waals surface area contributed by atoms with Crippen LogP contribution >= 0.6 is 11.9 Å². The van der Waals surface area contributed by atoms with Gasteiger partial charge in [-0.05, 0) is 86.0 Å². The van der Waals surface area contributed by atoms with Gasteiger partial charge >= 0.3 is 0 Å². The lowest BCUT2D eigenvalue weighted by Gasteiger charge is -2.10. The van der Waals surface area contributed by atoms with E-state index in [1.807, 2.05) is 49.5 Å². The maximum atomic E-state index is 5.44. The largest absolute Gasteiger partial charge is 0.494 e. The summed E-state index contributed by atoms with van der Waals surface area (Å²) in [5.41, 5.74) is 6.87. The standard InChI is InChI=1S/C15H18N4O.C11H12N2S/c1-11-6-13(4-5-18-11)15-14(20-3)7-12(9-19-15)8-17-10-16-2;1-4-10-7-9(8-14-13-3)5-6-11(10)12-2/h4-7,9,17H,2,8,10H2,1,3H3;4-7H,1-3,8H2. The molecule has 0 aliphatic rings. The van der Waals surface area contributed by atoms with E-state index < -0.39 is 0 Å². The van der Waals surface area contributed by atoms with Crippen LogP contribution in [0.4, 0.5) is 5.69 Å². The van der Waals surface area contributed by atoms with Crippen molar-refractivity contribution in [2.45, 2.75) is 19.2 Å². The topological polar surface area (TPSA) is 84.1 Å². The Morgan fingerprint density at radius 1 is 1.09 bits per heavy atom. The molecule has 3 aromatic rings. The monoisotopic (exact) mass is 474 g/mol. The van der Waals surface area contributed by atoms with E-state index in [0.29, 0.717) is 13.2 Å². The van der Waals surface area contributed by atoms with Crippen molar-refractivity contribution in [2.24, 2.45) is 14.4 Å². The highest BCUT2D eigenvalue weighted by molar-refractivity contribution is 7.97. The van der Waals surface area contributed by atoms with Gasteiger partial charge in [0.25, 0.3) is 0 Å². The lowest BCUT2D eigenvalue weighted by molar-refractivity contribution is 0.414. The van der Waals surface area contributed by atoms with E-state index in [1.54, 1.807) is 19.4 Å². The Bertz CT molecular complexity index is 1130. The molecular weight excluding hydrogens is 444 g/mol. The first-order chi connectivity index (χ1) is 16.6. The van der Waals surface area contributed by atoms with Crippen LogP contribution in [0, 0.1) is 6.92 Å². The molecule has 0 spiro atoms. The average molecular weight is 475 g/mol. The number of rotatable bonds is 11. The van der Waals surface area contributed by atoms with Gasteiger partial charge in [0.05, 0.1) is 19.5 Å². The first kappa shape index (κ1) is 26.6. The molecule has 0 bridgehead atoms. The van der Waals surface area contributed by atoms with E-state index in [1.165, 1.54) is 17.5 Å². The molecule has 3 rings (SSSR count). The Morgan fingerprint density at radius 2 is 1.91 bits per heavy atom. The molecule has 0 radical (unpaired) electrons. The number of methoxy groups -OCH3 is 1. The normalized spacial score (nSPS) is 9.94. The summed E-state index contributed by atoms with van der Waals surface area (Å²) < 4.78 is 9.17. The summed E-state index contributed by atoms with van der Waals surface area (Å²) in [6.45, 7) is 17.2. The quantitative estimate of drug-likeness (QED) is 0.218. The summed E-state index contributed by atoms with van der Waals surface area (Å²) in [6.07, 6.45) is 5.39. The van der Waals surface area contributed by atoms with Gasteiger partial charge in [0.15, 0.2) is 0 Å². The fraction of sp³-hybridized carbons (Fsp3) is 0.192. The van der Waals surface area contributed by atoms with E-state index in [4.69, 9.17) is 4.74 Å². The van der Waals surface area contributed by atoms with Crippen LogP contribution in [-0.4, -0.2) is 43.9 Å². The number of hydrogen-bond donors (Lipinski definition) is 1. The smallest absolute Gasteiger partial charge is 0.145 e. The van der Waals surface area contributed by atoms with Crippen LogP contribution in [0.3, 0.4) is 0 Å². The van der Waals surface area contributed by atoms with Gasteiger partial charge in [-0.3, -0.25) is 25.3 Å². The number of nitrogens with zero attached hydrogens (tertiary/aromatic N) is 5. The molecule has 2 heterocycles. The molecule has 8 heteroatoms. The molecule has 0 amide bonds. The van der Waals surface area contributed by atoms with Gasteiger partial charge in [-0.2, -0.15) is 0 Å². The van der Waals surface area contributed by atoms with Gasteiger partial charge in [-0.1, -0.05) is 18.7 Å². The second-order valence-electron chi connectivity index (χ2n) is 7.05. The van der Waals surface area contributed by atoms with Crippen molar-refractivity contribution in [3.8, 4) is 17.0 Å². The third kappa shape index (κ3) is 8.06. The maximum Gasteiger partial charge on any atom is 0.145 e. The summed E-state index contributed by atoms with van der Waals surface area (Å²) in [5.74, 6) is 1.57. The molecule has 0 atom stereocenters. The van der Waals surface area contributed by atoms with Crippen molar-refractivity contribution in [2.75, 3.05) is 13.8 Å². The van der Waals surface area contributed by atoms with Gasteiger partial charge < -0.3 is 4.74 Å². The summed E-state index contributed by atoms with van der Waals surface area (Å²) in [6, 6.07) is 11.9. The van der Waals surface area contributed by atoms with Crippen LogP contribution in [0.25, 0.3) is 17.3 Å². The van der Waals surface area contributed by atoms with Crippen molar-refractivity contribution < 1.29 is 4.74 Å². The molecule has 34 heavy (non-hydrogen) atoms. The Morgan fingerprint density at radius 3 is 2.56 bits per heavy atom. The molecule has 0 saturated heterocycles. The van der Waals surface area contributed by atoms with Gasteiger partial charge in [0.1, 0.15) is 11.4 Å². The van der Waals surface area contributed by atoms with Crippen LogP contribution in [-0.2, 0) is 12.3 Å². The number of aromatic nitrogens is 2. The number of aryl methyl sites for hydroxylation is 1. The van der Waals surface area contributed by atoms with E-state index in [-0.39, 0.29) is 0 Å². The number of aliphatic imine (C=N–C) groups is 2. The third-order valence-electron chi connectivity index (χ3n) is 4.66. The van der Waals surface area contributed by atoms with E-state index >= 15 is 0 Å². The van der Waals surface area contributed by atoms with Gasteiger partial charge in [0, 0.05) is 35.9 Å². The van der Waals surface area contributed by atoms with Crippen molar-refractivity contribution in [3.05, 3.63) is 77.8 Å². The highest BCUT2D eigenvalue weighted by atomic mass is 32.2. The second kappa shape index (κ2) is 14.5. The third-order valence-corrected chi connectivity index (χ3v) is 5.30. The van der Waals surface area contributed by atoms with E-state index in [2.05, 4.69) is 56.4 Å². The maximum absolute atomic E-state index is 5.44. The molecule has 176 valence electrons. The highest BCUT2D eigenvalue weighted by Crippen LogP contribution is 2.28. The van der Waals surface area contributed by atoms with Crippen LogP contribution in [0.5, 0.6) is 5.75 Å². The van der Waals surface area contributed by atoms with E-state index in [9.17, 15) is 0 Å². The van der Waals surface area contributed by atoms with Crippen LogP contribution in [0.15, 0.2) is 69.8 Å². The lowest BCUT2D eigenvalue weighted by Crippen LogP contribution is -2.13. The zero-order valence-electron chi connectivity index (χ0n) is 19.7. The van der Waals surface area contributed by atoms with Crippen LogP contribution in [0.1, 0.15) is 22.4 Å². The molecule has 0 fully saturated rings. The molecule has 0 aliphatic heterocycles. The Kier molecular flexibility index (Phi) is 11.4. The van der Waals surface area contributed by atoms with Crippen molar-refractivity contribution >= 4 is 43.9 Å². The van der Waals surface area contributed by atoms with E-state index in [0.717, 1.165) is 45.3 Å². The summed E-state index contributed by atoms with van der Waals surface area (Å²) in [4.78, 5) is 16.3. The first-order valence-corrected chi connectivity index (χ1v) is 11.4. The average Bonchev–Trinajstić information content (AvgIpc) is 2.87. The summed E-state index contributed by atoms with van der Waals surface area (Å²) >= 11 is 1.43. The SMILES string of the molecule is C=Cc1cc(CSN=C)ccc1N=C.C=NCNCc1cnc(-c2ccnc(C)c2)c(OC)c1. The summed E-state index contributed by atoms with van der Waals surface area (Å²) in [7, 11) is 1.65. The number of ether oxygens (including phenoxy) is 1. The molecule has 2 aromatic heterocycles. The zero-order chi connectivity index (χ0) is 24.8. The van der Waals surface area contributed by atoms with Gasteiger partial charge in [-0.15, -0.1) is 0 Å². The lowest BCUT2D eigenvalue weighted by atomic mass is 10.1. The molecule has 0 saturated carbocycles. The predicted octanol–water partition coefficient (Wildman–Crippen LogP) is 5.72. The van der Waals surface area contributed by atoms with Crippen LogP contribution < -0.4 is 10.1 Å². The first-order valence-electron chi connectivity index (χ1n) is 10.5. The second-order valence-corrected chi connectivity index (χ2v) is 7.85. The Balaban J connectivity index is 0.000000257. The fourth-order valence-corrected chi connectivity index (χ4v) is 3.47. The van der Waals surface area contributed by atoms with Crippen molar-refractivity contribution in [1.29, 1.82) is 0 Å². The number of benzene rings is 1. The van der Waals surface area contributed by atoms with Crippen LogP contribution in [0.2, 0.25) is 0 Å². The Hall–Kier alpha value is -3.62. The molecule has 0 unspecified atom stereocenters. The Labute approximate surface area is 206 Å². The number of pyridine rings is 2. The van der Waals surface area contributed by atoms with Crippen molar-refractivity contribution in [3.63, 3.8) is 0 Å². The predicted molar refractivity (Wildman–Crippen MR) is 147 cm³/mol. The molecule has 0 aliphatic carbocycles. The minimum Gasteiger partial charge on any atom is -0.494 e. The minimum absolute atomic E-state index is 0.521. The molecule has 7 nitrogen and oxygen atoms in total. The zero-order valence-corrected chi connectivity index (χ0v) is 20.5. The fourth-order valence-electron chi connectivity index (χ4n) is 3.05.